The topological polar surface area (TPSA) is 52.0 Å². The molecule has 1 heterocycles. The lowest BCUT2D eigenvalue weighted by molar-refractivity contribution is 0.600. The Labute approximate surface area is 102 Å². The van der Waals surface area contributed by atoms with Gasteiger partial charge in [-0.1, -0.05) is 15.9 Å². The number of aromatic nitrogens is 2. The summed E-state index contributed by atoms with van der Waals surface area (Å²) < 4.78 is 25.5. The van der Waals surface area contributed by atoms with Crippen LogP contribution in [0.3, 0.4) is 0 Å². The fraction of sp³-hybridized carbons (Fsp3) is 0.100. The summed E-state index contributed by atoms with van der Waals surface area (Å²) >= 11 is 3.26. The molecule has 0 spiro atoms. The Morgan fingerprint density at radius 1 is 1.38 bits per heavy atom. The maximum atomic E-state index is 11.6. The summed E-state index contributed by atoms with van der Waals surface area (Å²) in [5.74, 6) is 0. The van der Waals surface area contributed by atoms with Crippen molar-refractivity contribution in [1.82, 2.24) is 9.78 Å². The molecule has 2 rings (SSSR count). The first-order valence-electron chi connectivity index (χ1n) is 4.48. The van der Waals surface area contributed by atoms with Gasteiger partial charge in [-0.2, -0.15) is 5.10 Å². The molecule has 1 aromatic carbocycles. The van der Waals surface area contributed by atoms with Crippen molar-refractivity contribution in [3.05, 3.63) is 41.1 Å². The van der Waals surface area contributed by atoms with E-state index in [1.54, 1.807) is 36.7 Å². The standard InChI is InChI=1S/C10H9BrN2O2S/c1-16(14,15)10-7-8(11)3-4-9(10)13-6-2-5-12-13/h2-7H,1H3. The molecule has 16 heavy (non-hydrogen) atoms. The number of hydrogen-bond donors (Lipinski definition) is 0. The van der Waals surface area contributed by atoms with Crippen LogP contribution in [0.25, 0.3) is 5.69 Å². The number of rotatable bonds is 2. The molecule has 0 unspecified atom stereocenters. The largest absolute Gasteiger partial charge is 0.240 e. The minimum absolute atomic E-state index is 0.255. The SMILES string of the molecule is CS(=O)(=O)c1cc(Br)ccc1-n1cccn1. The molecular formula is C10H9BrN2O2S. The number of hydrogen-bond acceptors (Lipinski definition) is 3. The Balaban J connectivity index is 2.72. The van der Waals surface area contributed by atoms with Gasteiger partial charge in [0, 0.05) is 23.1 Å². The van der Waals surface area contributed by atoms with Gasteiger partial charge in [-0.25, -0.2) is 13.1 Å². The minimum atomic E-state index is -3.27. The first-order chi connectivity index (χ1) is 7.48. The summed E-state index contributed by atoms with van der Waals surface area (Å²) in [6.07, 6.45) is 4.49. The van der Waals surface area contributed by atoms with Crippen molar-refractivity contribution < 1.29 is 8.42 Å². The predicted molar refractivity (Wildman–Crippen MR) is 64.4 cm³/mol. The van der Waals surface area contributed by atoms with Gasteiger partial charge in [0.2, 0.25) is 0 Å². The van der Waals surface area contributed by atoms with E-state index in [9.17, 15) is 8.42 Å². The zero-order chi connectivity index (χ0) is 11.8. The van der Waals surface area contributed by atoms with Gasteiger partial charge >= 0.3 is 0 Å². The van der Waals surface area contributed by atoms with Crippen LogP contribution in [-0.4, -0.2) is 24.5 Å². The maximum absolute atomic E-state index is 11.6. The van der Waals surface area contributed by atoms with Crippen molar-refractivity contribution in [3.8, 4) is 5.69 Å². The van der Waals surface area contributed by atoms with Crippen LogP contribution in [0.4, 0.5) is 0 Å². The lowest BCUT2D eigenvalue weighted by Crippen LogP contribution is -2.05. The van der Waals surface area contributed by atoms with Crippen LogP contribution >= 0.6 is 15.9 Å². The Morgan fingerprint density at radius 2 is 2.12 bits per heavy atom. The number of benzene rings is 1. The third kappa shape index (κ3) is 2.17. The van der Waals surface area contributed by atoms with E-state index in [4.69, 9.17) is 0 Å². The average molecular weight is 301 g/mol. The van der Waals surface area contributed by atoms with Gasteiger partial charge in [0.1, 0.15) is 0 Å². The summed E-state index contributed by atoms with van der Waals surface area (Å²) in [5, 5.41) is 4.03. The van der Waals surface area contributed by atoms with Crippen molar-refractivity contribution in [2.24, 2.45) is 0 Å². The zero-order valence-corrected chi connectivity index (χ0v) is 10.9. The fourth-order valence-corrected chi connectivity index (χ4v) is 2.78. The fourth-order valence-electron chi connectivity index (χ4n) is 1.39. The highest BCUT2D eigenvalue weighted by Crippen LogP contribution is 2.23. The van der Waals surface area contributed by atoms with Crippen LogP contribution in [-0.2, 0) is 9.84 Å². The predicted octanol–water partition coefficient (Wildman–Crippen LogP) is 2.04. The van der Waals surface area contributed by atoms with Crippen molar-refractivity contribution in [1.29, 1.82) is 0 Å². The van der Waals surface area contributed by atoms with Crippen LogP contribution in [0.2, 0.25) is 0 Å². The molecule has 2 aromatic rings. The third-order valence-electron chi connectivity index (χ3n) is 2.07. The molecule has 0 radical (unpaired) electrons. The number of sulfone groups is 1. The van der Waals surface area contributed by atoms with Crippen LogP contribution in [0.15, 0.2) is 46.0 Å². The molecule has 0 aliphatic heterocycles. The molecule has 0 N–H and O–H groups in total. The molecule has 0 aliphatic rings. The third-order valence-corrected chi connectivity index (χ3v) is 3.69. The zero-order valence-electron chi connectivity index (χ0n) is 8.46. The molecule has 4 nitrogen and oxygen atoms in total. The summed E-state index contributed by atoms with van der Waals surface area (Å²) in [7, 11) is -3.27. The molecule has 0 bridgehead atoms. The van der Waals surface area contributed by atoms with Crippen LogP contribution in [0, 0.1) is 0 Å². The van der Waals surface area contributed by atoms with Crippen LogP contribution in [0.5, 0.6) is 0 Å². The highest BCUT2D eigenvalue weighted by Gasteiger charge is 2.15. The van der Waals surface area contributed by atoms with Crippen molar-refractivity contribution in [2.75, 3.05) is 6.26 Å². The van der Waals surface area contributed by atoms with E-state index >= 15 is 0 Å². The van der Waals surface area contributed by atoms with Crippen molar-refractivity contribution in [2.45, 2.75) is 4.90 Å². The lowest BCUT2D eigenvalue weighted by Gasteiger charge is -2.08. The van der Waals surface area contributed by atoms with E-state index in [-0.39, 0.29) is 4.90 Å². The van der Waals surface area contributed by atoms with E-state index in [0.717, 1.165) is 4.47 Å². The summed E-state index contributed by atoms with van der Waals surface area (Å²) in [6.45, 7) is 0. The van der Waals surface area contributed by atoms with E-state index in [1.165, 1.54) is 10.9 Å². The first-order valence-corrected chi connectivity index (χ1v) is 7.16. The van der Waals surface area contributed by atoms with Gasteiger partial charge in [-0.05, 0) is 24.3 Å². The first kappa shape index (κ1) is 11.3. The van der Waals surface area contributed by atoms with Crippen molar-refractivity contribution >= 4 is 25.8 Å². The Hall–Kier alpha value is -1.14. The second-order valence-corrected chi connectivity index (χ2v) is 6.23. The second kappa shape index (κ2) is 4.03. The molecule has 6 heteroatoms. The highest BCUT2D eigenvalue weighted by molar-refractivity contribution is 9.10. The number of nitrogens with zero attached hydrogens (tertiary/aromatic N) is 2. The Kier molecular flexibility index (Phi) is 2.86. The quantitative estimate of drug-likeness (QED) is 0.853. The van der Waals surface area contributed by atoms with Gasteiger partial charge < -0.3 is 0 Å². The molecule has 1 aromatic heterocycles. The lowest BCUT2D eigenvalue weighted by atomic mass is 10.3. The molecule has 0 aliphatic carbocycles. The minimum Gasteiger partial charge on any atom is -0.240 e. The van der Waals surface area contributed by atoms with Crippen LogP contribution in [0.1, 0.15) is 0 Å². The average Bonchev–Trinajstić information content (AvgIpc) is 2.69. The highest BCUT2D eigenvalue weighted by atomic mass is 79.9. The van der Waals surface area contributed by atoms with Gasteiger partial charge in [0.05, 0.1) is 10.6 Å². The molecule has 0 saturated carbocycles. The molecule has 0 atom stereocenters. The monoisotopic (exact) mass is 300 g/mol. The molecular weight excluding hydrogens is 292 g/mol. The summed E-state index contributed by atoms with van der Waals surface area (Å²) in [6, 6.07) is 6.82. The van der Waals surface area contributed by atoms with Crippen LogP contribution < -0.4 is 0 Å². The molecule has 0 amide bonds. The van der Waals surface area contributed by atoms with Gasteiger partial charge in [-0.3, -0.25) is 0 Å². The van der Waals surface area contributed by atoms with Crippen molar-refractivity contribution in [3.63, 3.8) is 0 Å². The van der Waals surface area contributed by atoms with Gasteiger partial charge in [-0.15, -0.1) is 0 Å². The normalized spacial score (nSPS) is 11.6. The van der Waals surface area contributed by atoms with E-state index in [1.807, 2.05) is 0 Å². The van der Waals surface area contributed by atoms with E-state index in [0.29, 0.717) is 5.69 Å². The maximum Gasteiger partial charge on any atom is 0.177 e. The second-order valence-electron chi connectivity index (χ2n) is 3.33. The molecule has 0 saturated heterocycles. The van der Waals surface area contributed by atoms with Gasteiger partial charge in [0.25, 0.3) is 0 Å². The Morgan fingerprint density at radius 3 is 2.69 bits per heavy atom. The smallest absolute Gasteiger partial charge is 0.177 e. The van der Waals surface area contributed by atoms with Gasteiger partial charge in [0.15, 0.2) is 9.84 Å². The summed E-state index contributed by atoms with van der Waals surface area (Å²) in [5.41, 5.74) is 0.552. The summed E-state index contributed by atoms with van der Waals surface area (Å²) in [4.78, 5) is 0.255. The molecule has 0 fully saturated rings. The van der Waals surface area contributed by atoms with E-state index in [2.05, 4.69) is 21.0 Å². The number of halogens is 1. The molecule has 84 valence electrons. The van der Waals surface area contributed by atoms with E-state index < -0.39 is 9.84 Å². The Bertz CT molecular complexity index is 606.